The van der Waals surface area contributed by atoms with E-state index >= 15 is 0 Å². The van der Waals surface area contributed by atoms with Gasteiger partial charge in [-0.05, 0) is 33.1 Å². The van der Waals surface area contributed by atoms with Gasteiger partial charge in [0.2, 0.25) is 0 Å². The van der Waals surface area contributed by atoms with Gasteiger partial charge >= 0.3 is 0 Å². The molecule has 0 aromatic heterocycles. The van der Waals surface area contributed by atoms with Crippen LogP contribution in [0.2, 0.25) is 0 Å². The van der Waals surface area contributed by atoms with Gasteiger partial charge in [-0.2, -0.15) is 0 Å². The van der Waals surface area contributed by atoms with Gasteiger partial charge in [-0.15, -0.1) is 10.3 Å². The minimum absolute atomic E-state index is 0.195. The number of piperidine rings is 1. The maximum Gasteiger partial charge on any atom is 0.172 e. The predicted molar refractivity (Wildman–Crippen MR) is 77.6 cm³/mol. The average Bonchev–Trinajstić information content (AvgIpc) is 2.77. The summed E-state index contributed by atoms with van der Waals surface area (Å²) in [6, 6.07) is 0. The van der Waals surface area contributed by atoms with Crippen molar-refractivity contribution in [2.24, 2.45) is 0 Å². The molecule has 117 valence electrons. The Morgan fingerprint density at radius 2 is 1.80 bits per heavy atom. The van der Waals surface area contributed by atoms with Crippen LogP contribution in [0.1, 0.15) is 73.1 Å². The summed E-state index contributed by atoms with van der Waals surface area (Å²) in [6.07, 6.45) is 5.36. The Morgan fingerprint density at radius 3 is 2.35 bits per heavy atom. The van der Waals surface area contributed by atoms with Crippen LogP contribution in [0.4, 0.5) is 0 Å². The summed E-state index contributed by atoms with van der Waals surface area (Å²) < 4.78 is 12.4. The van der Waals surface area contributed by atoms with Gasteiger partial charge in [-0.1, -0.05) is 27.2 Å². The van der Waals surface area contributed by atoms with Gasteiger partial charge in [-0.3, -0.25) is 0 Å². The molecule has 2 rings (SSSR count). The average molecular weight is 284 g/mol. The van der Waals surface area contributed by atoms with Crippen molar-refractivity contribution >= 4 is 0 Å². The van der Waals surface area contributed by atoms with E-state index in [0.717, 1.165) is 25.7 Å². The van der Waals surface area contributed by atoms with Crippen LogP contribution in [0.5, 0.6) is 0 Å². The molecule has 0 aromatic rings. The normalized spacial score (nSPS) is 36.6. The second-order valence-electron chi connectivity index (χ2n) is 7.14. The van der Waals surface area contributed by atoms with Gasteiger partial charge in [0.25, 0.3) is 0 Å². The van der Waals surface area contributed by atoms with Gasteiger partial charge in [0, 0.05) is 18.4 Å². The van der Waals surface area contributed by atoms with Crippen LogP contribution in [-0.4, -0.2) is 34.6 Å². The van der Waals surface area contributed by atoms with Crippen LogP contribution in [0.15, 0.2) is 0 Å². The predicted octanol–water partition coefficient (Wildman–Crippen LogP) is 3.68. The van der Waals surface area contributed by atoms with E-state index in [9.17, 15) is 5.21 Å². The molecule has 2 aliphatic heterocycles. The molecule has 2 heterocycles. The van der Waals surface area contributed by atoms with Crippen LogP contribution in [0, 0.1) is 0 Å². The monoisotopic (exact) mass is 284 g/mol. The maximum atomic E-state index is 12.8. The van der Waals surface area contributed by atoms with Crippen molar-refractivity contribution < 1.29 is 14.7 Å². The quantitative estimate of drug-likeness (QED) is 0.791. The Morgan fingerprint density at radius 1 is 1.15 bits per heavy atom. The Bertz CT molecular complexity index is 341. The topological polar surface area (TPSA) is 41.6 Å². The molecule has 0 saturated carbocycles. The molecule has 1 radical (unpaired) electrons. The standard InChI is InChI=1S/C16H30NO3/c1-6-9-13-10-19-16(20-13)11-14(4,5)17(18)15(7-2,8-3)12-16/h13H,6-12H2,1-5H3. The second kappa shape index (κ2) is 5.56. The van der Waals surface area contributed by atoms with E-state index in [2.05, 4.69) is 20.8 Å². The molecule has 0 aromatic carbocycles. The molecule has 2 aliphatic rings. The van der Waals surface area contributed by atoms with Crippen molar-refractivity contribution in [3.05, 3.63) is 0 Å². The lowest BCUT2D eigenvalue weighted by Gasteiger charge is -2.55. The molecule has 4 heteroatoms. The minimum Gasteiger partial charge on any atom is -0.347 e. The summed E-state index contributed by atoms with van der Waals surface area (Å²) >= 11 is 0. The lowest BCUT2D eigenvalue weighted by Crippen LogP contribution is -2.65. The van der Waals surface area contributed by atoms with E-state index in [4.69, 9.17) is 9.47 Å². The van der Waals surface area contributed by atoms with E-state index in [1.807, 2.05) is 13.8 Å². The van der Waals surface area contributed by atoms with Gasteiger partial charge in [0.1, 0.15) is 0 Å². The highest BCUT2D eigenvalue weighted by atomic mass is 16.7. The summed E-state index contributed by atoms with van der Waals surface area (Å²) in [5, 5.41) is 14.1. The Hall–Kier alpha value is -0.160. The summed E-state index contributed by atoms with van der Waals surface area (Å²) in [5.41, 5.74) is -0.797. The SMILES string of the molecule is CCCC1COC2(CC(C)(C)N([O])C(CC)(CC)C2)O1. The minimum atomic E-state index is -0.545. The van der Waals surface area contributed by atoms with Gasteiger partial charge in [0.05, 0.1) is 18.2 Å². The van der Waals surface area contributed by atoms with Crippen molar-refractivity contribution in [3.63, 3.8) is 0 Å². The van der Waals surface area contributed by atoms with Crippen molar-refractivity contribution in [2.75, 3.05) is 6.61 Å². The molecule has 20 heavy (non-hydrogen) atoms. The summed E-state index contributed by atoms with van der Waals surface area (Å²) in [6.45, 7) is 11.1. The van der Waals surface area contributed by atoms with E-state index < -0.39 is 11.3 Å². The van der Waals surface area contributed by atoms with E-state index in [1.165, 1.54) is 5.06 Å². The number of ether oxygens (including phenoxy) is 2. The fourth-order valence-corrected chi connectivity index (χ4v) is 4.06. The van der Waals surface area contributed by atoms with E-state index in [-0.39, 0.29) is 11.6 Å². The van der Waals surface area contributed by atoms with E-state index in [1.54, 1.807) is 0 Å². The van der Waals surface area contributed by atoms with Gasteiger partial charge < -0.3 is 9.47 Å². The molecular weight excluding hydrogens is 254 g/mol. The zero-order chi connectivity index (χ0) is 15.0. The van der Waals surface area contributed by atoms with Crippen LogP contribution in [0.25, 0.3) is 0 Å². The third-order valence-electron chi connectivity index (χ3n) is 5.12. The van der Waals surface area contributed by atoms with Crippen LogP contribution in [-0.2, 0) is 14.7 Å². The highest BCUT2D eigenvalue weighted by Gasteiger charge is 2.59. The third-order valence-corrected chi connectivity index (χ3v) is 5.12. The highest BCUT2D eigenvalue weighted by Crippen LogP contribution is 2.50. The second-order valence-corrected chi connectivity index (χ2v) is 7.14. The Labute approximate surface area is 123 Å². The lowest BCUT2D eigenvalue weighted by molar-refractivity contribution is -0.352. The largest absolute Gasteiger partial charge is 0.347 e. The lowest BCUT2D eigenvalue weighted by atomic mass is 9.73. The van der Waals surface area contributed by atoms with Crippen LogP contribution < -0.4 is 0 Å². The van der Waals surface area contributed by atoms with Crippen molar-refractivity contribution in [2.45, 2.75) is 96.1 Å². The molecule has 0 bridgehead atoms. The molecule has 2 fully saturated rings. The molecule has 0 aliphatic carbocycles. The first-order chi connectivity index (χ1) is 9.33. The molecular formula is C16H30NO3. The molecule has 2 unspecified atom stereocenters. The molecule has 1 spiro atoms. The Balaban J connectivity index is 2.24. The van der Waals surface area contributed by atoms with Gasteiger partial charge in [-0.25, -0.2) is 0 Å². The zero-order valence-corrected chi connectivity index (χ0v) is 13.7. The van der Waals surface area contributed by atoms with Crippen molar-refractivity contribution in [1.82, 2.24) is 5.06 Å². The first-order valence-electron chi connectivity index (χ1n) is 8.12. The van der Waals surface area contributed by atoms with E-state index in [0.29, 0.717) is 19.4 Å². The molecule has 0 N–H and O–H groups in total. The number of hydrogen-bond acceptors (Lipinski definition) is 3. The third kappa shape index (κ3) is 2.63. The number of nitrogens with zero attached hydrogens (tertiary/aromatic N) is 1. The van der Waals surface area contributed by atoms with Crippen molar-refractivity contribution in [1.29, 1.82) is 0 Å². The fourth-order valence-electron chi connectivity index (χ4n) is 4.06. The number of hydroxylamine groups is 2. The summed E-state index contributed by atoms with van der Waals surface area (Å²) in [4.78, 5) is 0. The van der Waals surface area contributed by atoms with Crippen LogP contribution >= 0.6 is 0 Å². The maximum absolute atomic E-state index is 12.8. The smallest absolute Gasteiger partial charge is 0.172 e. The van der Waals surface area contributed by atoms with Crippen molar-refractivity contribution in [3.8, 4) is 0 Å². The van der Waals surface area contributed by atoms with Gasteiger partial charge in [0.15, 0.2) is 5.79 Å². The first kappa shape index (κ1) is 16.2. The van der Waals surface area contributed by atoms with Crippen LogP contribution in [0.3, 0.4) is 0 Å². The fraction of sp³-hybridized carbons (Fsp3) is 1.00. The molecule has 0 amide bonds. The highest BCUT2D eigenvalue weighted by molar-refractivity contribution is 5.05. The number of hydrogen-bond donors (Lipinski definition) is 0. The molecule has 2 saturated heterocycles. The zero-order valence-electron chi connectivity index (χ0n) is 13.7. The molecule has 2 atom stereocenters. The summed E-state index contributed by atoms with van der Waals surface area (Å²) in [7, 11) is 0. The Kier molecular flexibility index (Phi) is 4.51. The molecule has 4 nitrogen and oxygen atoms in total. The first-order valence-corrected chi connectivity index (χ1v) is 8.12. The summed E-state index contributed by atoms with van der Waals surface area (Å²) in [5.74, 6) is -0.545. The number of rotatable bonds is 4.